The van der Waals surface area contributed by atoms with Gasteiger partial charge in [-0.15, -0.1) is 11.3 Å². The first-order valence-electron chi connectivity index (χ1n) is 6.22. The van der Waals surface area contributed by atoms with Crippen molar-refractivity contribution in [2.45, 2.75) is 6.61 Å². The van der Waals surface area contributed by atoms with Crippen LogP contribution in [0.2, 0.25) is 0 Å². The molecule has 2 heteroatoms. The smallest absolute Gasteiger partial charge is 0.120 e. The topological polar surface area (TPSA) is 9.23 Å². The molecule has 0 aliphatic rings. The number of hydrogen-bond donors (Lipinski definition) is 0. The number of ether oxygens (including phenoxy) is 1. The minimum atomic E-state index is 0.606. The summed E-state index contributed by atoms with van der Waals surface area (Å²) in [5, 5.41) is 2.09. The molecule has 0 bridgehead atoms. The van der Waals surface area contributed by atoms with Crippen LogP contribution >= 0.6 is 11.3 Å². The van der Waals surface area contributed by atoms with Gasteiger partial charge in [0.1, 0.15) is 12.4 Å². The summed E-state index contributed by atoms with van der Waals surface area (Å²) in [5.74, 6) is 0.912. The molecule has 0 unspecified atom stereocenters. The number of thiophene rings is 1. The first kappa shape index (κ1) is 12.0. The minimum absolute atomic E-state index is 0.606. The highest BCUT2D eigenvalue weighted by Crippen LogP contribution is 2.27. The van der Waals surface area contributed by atoms with Crippen LogP contribution < -0.4 is 4.74 Å². The Bertz CT molecular complexity index is 629. The molecule has 0 atom stereocenters. The highest BCUT2D eigenvalue weighted by atomic mass is 32.1. The van der Waals surface area contributed by atoms with E-state index in [1.54, 1.807) is 11.3 Å². The second-order valence-electron chi connectivity index (χ2n) is 4.28. The Kier molecular flexibility index (Phi) is 3.61. The normalized spacial score (nSPS) is 10.3. The zero-order valence-corrected chi connectivity index (χ0v) is 11.3. The monoisotopic (exact) mass is 266 g/mol. The predicted octanol–water partition coefficient (Wildman–Crippen LogP) is 4.99. The zero-order valence-electron chi connectivity index (χ0n) is 10.5. The molecule has 0 amide bonds. The van der Waals surface area contributed by atoms with Crippen molar-refractivity contribution >= 4 is 11.3 Å². The largest absolute Gasteiger partial charge is 0.489 e. The molecule has 0 fully saturated rings. The highest BCUT2D eigenvalue weighted by Gasteiger charge is 2.01. The van der Waals surface area contributed by atoms with Gasteiger partial charge in [-0.05, 0) is 34.7 Å². The Balaban J connectivity index is 1.74. The summed E-state index contributed by atoms with van der Waals surface area (Å²) < 4.78 is 5.84. The van der Waals surface area contributed by atoms with Crippen LogP contribution in [0.5, 0.6) is 5.75 Å². The molecule has 2 aromatic carbocycles. The Morgan fingerprint density at radius 3 is 2.53 bits per heavy atom. The first-order chi connectivity index (χ1) is 9.42. The maximum Gasteiger partial charge on any atom is 0.120 e. The van der Waals surface area contributed by atoms with Gasteiger partial charge in [0.05, 0.1) is 0 Å². The van der Waals surface area contributed by atoms with Crippen LogP contribution in [-0.2, 0) is 6.61 Å². The second kappa shape index (κ2) is 5.72. The summed E-state index contributed by atoms with van der Waals surface area (Å²) in [5.41, 5.74) is 2.39. The molecular formula is C17H14OS. The van der Waals surface area contributed by atoms with E-state index in [9.17, 15) is 0 Å². The number of rotatable bonds is 4. The van der Waals surface area contributed by atoms with E-state index in [1.807, 2.05) is 30.3 Å². The van der Waals surface area contributed by atoms with Gasteiger partial charge in [0, 0.05) is 4.88 Å². The molecule has 0 aliphatic heterocycles. The fraction of sp³-hybridized carbons (Fsp3) is 0.0588. The van der Waals surface area contributed by atoms with Crippen molar-refractivity contribution in [3.63, 3.8) is 0 Å². The molecule has 94 valence electrons. The summed E-state index contributed by atoms with van der Waals surface area (Å²) in [4.78, 5) is 1.27. The van der Waals surface area contributed by atoms with Crippen molar-refractivity contribution in [1.29, 1.82) is 0 Å². The molecule has 0 radical (unpaired) electrons. The minimum Gasteiger partial charge on any atom is -0.489 e. The highest BCUT2D eigenvalue weighted by molar-refractivity contribution is 7.13. The quantitative estimate of drug-likeness (QED) is 0.646. The van der Waals surface area contributed by atoms with E-state index >= 15 is 0 Å². The van der Waals surface area contributed by atoms with E-state index in [-0.39, 0.29) is 0 Å². The number of hydrogen-bond acceptors (Lipinski definition) is 2. The van der Waals surface area contributed by atoms with Gasteiger partial charge < -0.3 is 4.74 Å². The maximum absolute atomic E-state index is 5.84. The molecule has 1 heterocycles. The third kappa shape index (κ3) is 3.04. The Morgan fingerprint density at radius 1 is 0.842 bits per heavy atom. The van der Waals surface area contributed by atoms with Gasteiger partial charge >= 0.3 is 0 Å². The zero-order chi connectivity index (χ0) is 12.9. The van der Waals surface area contributed by atoms with Gasteiger partial charge in [-0.3, -0.25) is 0 Å². The maximum atomic E-state index is 5.84. The van der Waals surface area contributed by atoms with E-state index in [2.05, 4.69) is 41.8 Å². The Labute approximate surface area is 117 Å². The van der Waals surface area contributed by atoms with E-state index in [4.69, 9.17) is 4.74 Å². The lowest BCUT2D eigenvalue weighted by atomic mass is 10.2. The molecule has 1 nitrogen and oxygen atoms in total. The molecule has 19 heavy (non-hydrogen) atoms. The van der Waals surface area contributed by atoms with Crippen LogP contribution in [0, 0.1) is 0 Å². The van der Waals surface area contributed by atoms with Gasteiger partial charge in [-0.25, -0.2) is 0 Å². The summed E-state index contributed by atoms with van der Waals surface area (Å²) in [7, 11) is 0. The van der Waals surface area contributed by atoms with Crippen molar-refractivity contribution in [1.82, 2.24) is 0 Å². The van der Waals surface area contributed by atoms with Crippen molar-refractivity contribution in [3.8, 4) is 16.2 Å². The summed E-state index contributed by atoms with van der Waals surface area (Å²) >= 11 is 1.74. The summed E-state index contributed by atoms with van der Waals surface area (Å²) in [6.07, 6.45) is 0. The van der Waals surface area contributed by atoms with Crippen molar-refractivity contribution in [3.05, 3.63) is 77.7 Å². The molecule has 1 aromatic heterocycles. The Hall–Kier alpha value is -2.06. The van der Waals surface area contributed by atoms with Crippen LogP contribution in [0.1, 0.15) is 5.56 Å². The third-order valence-corrected chi connectivity index (χ3v) is 3.81. The third-order valence-electron chi connectivity index (χ3n) is 2.89. The SMILES string of the molecule is c1ccc(COc2cccc(-c3cccs3)c2)cc1. The van der Waals surface area contributed by atoms with Gasteiger partial charge in [0.2, 0.25) is 0 Å². The molecule has 0 saturated heterocycles. The standard InChI is InChI=1S/C17H14OS/c1-2-6-14(7-3-1)13-18-16-9-4-8-15(12-16)17-10-5-11-19-17/h1-12H,13H2. The molecule has 0 saturated carbocycles. The molecule has 3 aromatic rings. The molecule has 0 N–H and O–H groups in total. The fourth-order valence-electron chi connectivity index (χ4n) is 1.92. The van der Waals surface area contributed by atoms with Gasteiger partial charge in [0.25, 0.3) is 0 Å². The number of benzene rings is 2. The van der Waals surface area contributed by atoms with E-state index in [1.165, 1.54) is 16.0 Å². The lowest BCUT2D eigenvalue weighted by Gasteiger charge is -2.07. The molecule has 0 spiro atoms. The predicted molar refractivity (Wildman–Crippen MR) is 80.5 cm³/mol. The lowest BCUT2D eigenvalue weighted by Crippen LogP contribution is -1.94. The van der Waals surface area contributed by atoms with E-state index in [0.717, 1.165) is 5.75 Å². The van der Waals surface area contributed by atoms with Gasteiger partial charge in [0.15, 0.2) is 0 Å². The summed E-state index contributed by atoms with van der Waals surface area (Å²) in [6.45, 7) is 0.606. The van der Waals surface area contributed by atoms with E-state index < -0.39 is 0 Å². The van der Waals surface area contributed by atoms with Crippen molar-refractivity contribution in [2.75, 3.05) is 0 Å². The molecular weight excluding hydrogens is 252 g/mol. The van der Waals surface area contributed by atoms with Crippen LogP contribution in [0.3, 0.4) is 0 Å². The van der Waals surface area contributed by atoms with Crippen LogP contribution in [0.4, 0.5) is 0 Å². The second-order valence-corrected chi connectivity index (χ2v) is 5.23. The van der Waals surface area contributed by atoms with Crippen LogP contribution in [-0.4, -0.2) is 0 Å². The lowest BCUT2D eigenvalue weighted by molar-refractivity contribution is 0.306. The Morgan fingerprint density at radius 2 is 1.74 bits per heavy atom. The average molecular weight is 266 g/mol. The van der Waals surface area contributed by atoms with Crippen LogP contribution in [0.15, 0.2) is 72.1 Å². The van der Waals surface area contributed by atoms with E-state index in [0.29, 0.717) is 6.61 Å². The van der Waals surface area contributed by atoms with Gasteiger partial charge in [-0.2, -0.15) is 0 Å². The summed E-state index contributed by atoms with van der Waals surface area (Å²) in [6, 6.07) is 22.7. The molecule has 3 rings (SSSR count). The molecule has 0 aliphatic carbocycles. The first-order valence-corrected chi connectivity index (χ1v) is 7.10. The van der Waals surface area contributed by atoms with Crippen molar-refractivity contribution < 1.29 is 4.74 Å². The fourth-order valence-corrected chi connectivity index (χ4v) is 2.65. The van der Waals surface area contributed by atoms with Crippen LogP contribution in [0.25, 0.3) is 10.4 Å². The van der Waals surface area contributed by atoms with Crippen molar-refractivity contribution in [2.24, 2.45) is 0 Å². The van der Waals surface area contributed by atoms with Gasteiger partial charge in [-0.1, -0.05) is 48.5 Å². The average Bonchev–Trinajstić information content (AvgIpc) is 3.01.